The smallest absolute Gasteiger partial charge is 0.137 e. The lowest BCUT2D eigenvalue weighted by molar-refractivity contribution is -0.0315. The summed E-state index contributed by atoms with van der Waals surface area (Å²) in [6.07, 6.45) is 2.93. The maximum absolute atomic E-state index is 10.0. The Hall–Kier alpha value is -0.100. The predicted octanol–water partition coefficient (Wildman–Crippen LogP) is 3.22. The third-order valence-electron chi connectivity index (χ3n) is 3.34. The third-order valence-corrected chi connectivity index (χ3v) is 4.39. The number of ether oxygens (including phenoxy) is 1. The van der Waals surface area contributed by atoms with E-state index >= 15 is 0 Å². The third kappa shape index (κ3) is 3.26. The van der Waals surface area contributed by atoms with E-state index in [0.29, 0.717) is 13.1 Å². The van der Waals surface area contributed by atoms with Gasteiger partial charge in [-0.3, -0.25) is 0 Å². The minimum Gasteiger partial charge on any atom is -0.495 e. The van der Waals surface area contributed by atoms with Crippen molar-refractivity contribution < 1.29 is 9.84 Å². The summed E-state index contributed by atoms with van der Waals surface area (Å²) in [6, 6.07) is 3.99. The molecule has 0 saturated heterocycles. The monoisotopic (exact) mass is 377 g/mol. The van der Waals surface area contributed by atoms with Gasteiger partial charge in [-0.25, -0.2) is 0 Å². The standard InChI is InChI=1S/C13H17Br2NO2/c1-18-12-9(5-10(14)6-11(12)15)7-16-8-13(17)3-2-4-13/h5-6,16-17H,2-4,7-8H2,1H3. The summed E-state index contributed by atoms with van der Waals surface area (Å²) in [5.74, 6) is 0.839. The molecule has 0 atom stereocenters. The Balaban J connectivity index is 1.99. The van der Waals surface area contributed by atoms with E-state index in [9.17, 15) is 5.11 Å². The van der Waals surface area contributed by atoms with Gasteiger partial charge in [-0.15, -0.1) is 0 Å². The van der Waals surface area contributed by atoms with Crippen molar-refractivity contribution in [2.24, 2.45) is 0 Å². The molecule has 0 aromatic heterocycles. The zero-order chi connectivity index (χ0) is 13.2. The molecule has 3 nitrogen and oxygen atoms in total. The molecule has 1 aromatic carbocycles. The maximum atomic E-state index is 10.0. The number of aliphatic hydroxyl groups is 1. The first-order chi connectivity index (χ1) is 8.54. The average molecular weight is 379 g/mol. The molecule has 2 N–H and O–H groups in total. The Morgan fingerprint density at radius 1 is 1.39 bits per heavy atom. The van der Waals surface area contributed by atoms with Crippen LogP contribution in [0.25, 0.3) is 0 Å². The van der Waals surface area contributed by atoms with Crippen LogP contribution in [0.4, 0.5) is 0 Å². The van der Waals surface area contributed by atoms with Gasteiger partial charge in [0.25, 0.3) is 0 Å². The van der Waals surface area contributed by atoms with Gasteiger partial charge in [0, 0.05) is 23.1 Å². The van der Waals surface area contributed by atoms with Crippen LogP contribution in [0, 0.1) is 0 Å². The van der Waals surface area contributed by atoms with Gasteiger partial charge in [-0.05, 0) is 47.3 Å². The second-order valence-electron chi connectivity index (χ2n) is 4.76. The summed E-state index contributed by atoms with van der Waals surface area (Å²) >= 11 is 6.95. The summed E-state index contributed by atoms with van der Waals surface area (Å²) in [6.45, 7) is 1.32. The zero-order valence-corrected chi connectivity index (χ0v) is 13.5. The van der Waals surface area contributed by atoms with Crippen LogP contribution in [-0.4, -0.2) is 24.4 Å². The van der Waals surface area contributed by atoms with Gasteiger partial charge in [0.2, 0.25) is 0 Å². The van der Waals surface area contributed by atoms with Gasteiger partial charge in [-0.2, -0.15) is 0 Å². The molecule has 0 aliphatic heterocycles. The van der Waals surface area contributed by atoms with Crippen molar-refractivity contribution in [2.45, 2.75) is 31.4 Å². The molecule has 2 rings (SSSR count). The Morgan fingerprint density at radius 3 is 2.67 bits per heavy atom. The van der Waals surface area contributed by atoms with Crippen molar-refractivity contribution >= 4 is 31.9 Å². The van der Waals surface area contributed by atoms with Gasteiger partial charge in [0.1, 0.15) is 5.75 Å². The largest absolute Gasteiger partial charge is 0.495 e. The molecule has 18 heavy (non-hydrogen) atoms. The SMILES string of the molecule is COc1c(Br)cc(Br)cc1CNCC1(O)CCC1. The molecule has 1 aliphatic carbocycles. The fourth-order valence-electron chi connectivity index (χ4n) is 2.17. The molecule has 0 radical (unpaired) electrons. The number of hydrogen-bond donors (Lipinski definition) is 2. The van der Waals surface area contributed by atoms with E-state index in [2.05, 4.69) is 37.2 Å². The molecule has 1 aromatic rings. The molecule has 100 valence electrons. The number of halogens is 2. The fourth-order valence-corrected chi connectivity index (χ4v) is 3.64. The predicted molar refractivity (Wildman–Crippen MR) is 78.9 cm³/mol. The summed E-state index contributed by atoms with van der Waals surface area (Å²) in [5.41, 5.74) is 0.581. The second-order valence-corrected chi connectivity index (χ2v) is 6.53. The lowest BCUT2D eigenvalue weighted by Crippen LogP contribution is -2.46. The van der Waals surface area contributed by atoms with E-state index in [1.165, 1.54) is 0 Å². The summed E-state index contributed by atoms with van der Waals surface area (Å²) in [4.78, 5) is 0. The van der Waals surface area contributed by atoms with E-state index in [0.717, 1.165) is 39.5 Å². The minimum atomic E-state index is -0.490. The number of benzene rings is 1. The average Bonchev–Trinajstić information content (AvgIpc) is 2.26. The molecule has 1 fully saturated rings. The first-order valence-electron chi connectivity index (χ1n) is 5.99. The van der Waals surface area contributed by atoms with E-state index in [4.69, 9.17) is 4.74 Å². The Morgan fingerprint density at radius 2 is 2.11 bits per heavy atom. The highest BCUT2D eigenvalue weighted by molar-refractivity contribution is 9.11. The van der Waals surface area contributed by atoms with Crippen molar-refractivity contribution in [3.8, 4) is 5.75 Å². The number of methoxy groups -OCH3 is 1. The van der Waals surface area contributed by atoms with E-state index in [-0.39, 0.29) is 0 Å². The quantitative estimate of drug-likeness (QED) is 0.826. The van der Waals surface area contributed by atoms with Crippen LogP contribution in [0.1, 0.15) is 24.8 Å². The van der Waals surface area contributed by atoms with Crippen LogP contribution in [0.15, 0.2) is 21.1 Å². The lowest BCUT2D eigenvalue weighted by Gasteiger charge is -2.36. The van der Waals surface area contributed by atoms with Gasteiger partial charge in [-0.1, -0.05) is 15.9 Å². The van der Waals surface area contributed by atoms with Crippen molar-refractivity contribution in [3.05, 3.63) is 26.6 Å². The molecular formula is C13H17Br2NO2. The highest BCUT2D eigenvalue weighted by Crippen LogP contribution is 2.33. The molecule has 1 aliphatic rings. The van der Waals surface area contributed by atoms with E-state index in [1.54, 1.807) is 7.11 Å². The molecule has 0 amide bonds. The molecule has 0 bridgehead atoms. The number of hydrogen-bond acceptors (Lipinski definition) is 3. The second kappa shape index (κ2) is 5.90. The normalized spacial score (nSPS) is 17.3. The van der Waals surface area contributed by atoms with Gasteiger partial charge >= 0.3 is 0 Å². The van der Waals surface area contributed by atoms with Crippen molar-refractivity contribution in [2.75, 3.05) is 13.7 Å². The molecule has 0 heterocycles. The maximum Gasteiger partial charge on any atom is 0.137 e. The summed E-state index contributed by atoms with van der Waals surface area (Å²) in [5, 5.41) is 13.3. The molecule has 0 spiro atoms. The Labute approximate surface area is 124 Å². The van der Waals surface area contributed by atoms with Crippen LogP contribution in [-0.2, 0) is 6.54 Å². The first kappa shape index (κ1) is 14.3. The van der Waals surface area contributed by atoms with E-state index in [1.807, 2.05) is 12.1 Å². The zero-order valence-electron chi connectivity index (χ0n) is 10.3. The Bertz CT molecular complexity index is 433. The molecule has 5 heteroatoms. The van der Waals surface area contributed by atoms with Crippen molar-refractivity contribution in [3.63, 3.8) is 0 Å². The minimum absolute atomic E-state index is 0.490. The topological polar surface area (TPSA) is 41.5 Å². The molecule has 0 unspecified atom stereocenters. The van der Waals surface area contributed by atoms with Gasteiger partial charge < -0.3 is 15.2 Å². The summed E-state index contributed by atoms with van der Waals surface area (Å²) in [7, 11) is 1.66. The van der Waals surface area contributed by atoms with Gasteiger partial charge in [0.15, 0.2) is 0 Å². The highest BCUT2D eigenvalue weighted by Gasteiger charge is 2.33. The van der Waals surface area contributed by atoms with Crippen LogP contribution in [0.2, 0.25) is 0 Å². The fraction of sp³-hybridized carbons (Fsp3) is 0.538. The van der Waals surface area contributed by atoms with Crippen molar-refractivity contribution in [1.82, 2.24) is 5.32 Å². The lowest BCUT2D eigenvalue weighted by atomic mass is 9.80. The number of nitrogens with one attached hydrogen (secondary N) is 1. The molecule has 1 saturated carbocycles. The van der Waals surface area contributed by atoms with Crippen LogP contribution in [0.3, 0.4) is 0 Å². The highest BCUT2D eigenvalue weighted by atomic mass is 79.9. The van der Waals surface area contributed by atoms with Crippen molar-refractivity contribution in [1.29, 1.82) is 0 Å². The van der Waals surface area contributed by atoms with Crippen LogP contribution >= 0.6 is 31.9 Å². The Kier molecular flexibility index (Phi) is 4.69. The van der Waals surface area contributed by atoms with Crippen LogP contribution < -0.4 is 10.1 Å². The van der Waals surface area contributed by atoms with Crippen LogP contribution in [0.5, 0.6) is 5.75 Å². The number of rotatable bonds is 5. The van der Waals surface area contributed by atoms with Gasteiger partial charge in [0.05, 0.1) is 17.2 Å². The first-order valence-corrected chi connectivity index (χ1v) is 7.58. The molecular weight excluding hydrogens is 362 g/mol. The summed E-state index contributed by atoms with van der Waals surface area (Å²) < 4.78 is 7.32. The van der Waals surface area contributed by atoms with E-state index < -0.39 is 5.60 Å².